The predicted octanol–water partition coefficient (Wildman–Crippen LogP) is 4.31. The first-order valence-corrected chi connectivity index (χ1v) is 9.89. The van der Waals surface area contributed by atoms with Gasteiger partial charge in [-0.2, -0.15) is 0 Å². The number of hydrogen-bond donors (Lipinski definition) is 1. The van der Waals surface area contributed by atoms with Crippen molar-refractivity contribution in [2.75, 3.05) is 0 Å². The molecule has 2 heterocycles. The minimum atomic E-state index is -0.416. The maximum atomic E-state index is 13.7. The summed E-state index contributed by atoms with van der Waals surface area (Å²) in [5, 5.41) is 10.5. The second-order valence-corrected chi connectivity index (χ2v) is 7.38. The minimum absolute atomic E-state index is 0.0844. The molecule has 0 spiro atoms. The zero-order chi connectivity index (χ0) is 21.5. The Morgan fingerprint density at radius 1 is 1.06 bits per heavy atom. The van der Waals surface area contributed by atoms with E-state index in [-0.39, 0.29) is 12.5 Å². The average Bonchev–Trinajstić information content (AvgIpc) is 3.12. The lowest BCUT2D eigenvalue weighted by Gasteiger charge is -2.20. The Bertz CT molecular complexity index is 1330. The monoisotopic (exact) mass is 413 g/mol. The van der Waals surface area contributed by atoms with Crippen molar-refractivity contribution in [2.45, 2.75) is 20.1 Å². The van der Waals surface area contributed by atoms with Crippen molar-refractivity contribution in [1.29, 1.82) is 0 Å². The van der Waals surface area contributed by atoms with Gasteiger partial charge in [0.05, 0.1) is 17.8 Å². The number of aliphatic hydroxyl groups is 1. The van der Waals surface area contributed by atoms with E-state index in [1.165, 1.54) is 6.92 Å². The molecular weight excluding hydrogens is 394 g/mol. The van der Waals surface area contributed by atoms with Crippen LogP contribution in [-0.4, -0.2) is 21.6 Å². The first-order chi connectivity index (χ1) is 15.1. The molecule has 0 radical (unpaired) electrons. The Hall–Kier alpha value is -3.90. The predicted molar refractivity (Wildman–Crippen MR) is 115 cm³/mol. The zero-order valence-electron chi connectivity index (χ0n) is 16.8. The minimum Gasteiger partial charge on any atom is -0.488 e. The first-order valence-electron chi connectivity index (χ1n) is 9.89. The topological polar surface area (TPSA) is 77.8 Å². The summed E-state index contributed by atoms with van der Waals surface area (Å²) in [5.41, 5.74) is 4.53. The molecule has 5 rings (SSSR count). The number of hydrogen-bond acceptors (Lipinski definition) is 5. The highest BCUT2D eigenvalue weighted by Crippen LogP contribution is 2.43. The SMILES string of the molecule is CC(=O)Oc1ccc(C(=O)n2c3c(c4cc(CO)ccc42)COc2ccccc2-3)cc1. The summed E-state index contributed by atoms with van der Waals surface area (Å²) in [5.74, 6) is 0.490. The highest BCUT2D eigenvalue weighted by Gasteiger charge is 2.28. The zero-order valence-corrected chi connectivity index (χ0v) is 16.8. The van der Waals surface area contributed by atoms with Gasteiger partial charge in [0.1, 0.15) is 18.1 Å². The molecule has 0 fully saturated rings. The maximum Gasteiger partial charge on any atom is 0.308 e. The average molecular weight is 413 g/mol. The quantitative estimate of drug-likeness (QED) is 0.400. The van der Waals surface area contributed by atoms with Crippen molar-refractivity contribution in [1.82, 2.24) is 4.57 Å². The van der Waals surface area contributed by atoms with E-state index in [2.05, 4.69) is 0 Å². The number of rotatable bonds is 3. The van der Waals surface area contributed by atoms with Gasteiger partial charge in [-0.1, -0.05) is 18.2 Å². The number of aromatic nitrogens is 1. The van der Waals surface area contributed by atoms with Crippen molar-refractivity contribution in [3.8, 4) is 22.8 Å². The highest BCUT2D eigenvalue weighted by molar-refractivity contribution is 6.08. The molecule has 6 heteroatoms. The van der Waals surface area contributed by atoms with Crippen molar-refractivity contribution < 1.29 is 24.2 Å². The second-order valence-electron chi connectivity index (χ2n) is 7.38. The normalized spacial score (nSPS) is 12.1. The lowest BCUT2D eigenvalue weighted by Crippen LogP contribution is -2.15. The van der Waals surface area contributed by atoms with E-state index >= 15 is 0 Å². The van der Waals surface area contributed by atoms with E-state index < -0.39 is 5.97 Å². The van der Waals surface area contributed by atoms with Gasteiger partial charge in [-0.15, -0.1) is 0 Å². The maximum absolute atomic E-state index is 13.7. The van der Waals surface area contributed by atoms with E-state index in [1.54, 1.807) is 28.8 Å². The van der Waals surface area contributed by atoms with Crippen LogP contribution in [0.3, 0.4) is 0 Å². The lowest BCUT2D eigenvalue weighted by atomic mass is 10.0. The molecule has 0 saturated heterocycles. The van der Waals surface area contributed by atoms with E-state index in [0.717, 1.165) is 39.0 Å². The highest BCUT2D eigenvalue weighted by atomic mass is 16.5. The Morgan fingerprint density at radius 3 is 2.58 bits per heavy atom. The third-order valence-electron chi connectivity index (χ3n) is 5.40. The molecule has 154 valence electrons. The summed E-state index contributed by atoms with van der Waals surface area (Å²) in [6.07, 6.45) is 0. The van der Waals surface area contributed by atoms with Gasteiger partial charge in [0.15, 0.2) is 0 Å². The molecule has 1 aliphatic rings. The lowest BCUT2D eigenvalue weighted by molar-refractivity contribution is -0.131. The van der Waals surface area contributed by atoms with Gasteiger partial charge in [0, 0.05) is 29.0 Å². The van der Waals surface area contributed by atoms with Gasteiger partial charge < -0.3 is 14.6 Å². The molecular formula is C25H19NO5. The van der Waals surface area contributed by atoms with Crippen LogP contribution in [0.4, 0.5) is 0 Å². The molecule has 1 aromatic heterocycles. The second kappa shape index (κ2) is 7.41. The molecule has 0 unspecified atom stereocenters. The van der Waals surface area contributed by atoms with Crippen molar-refractivity contribution in [2.24, 2.45) is 0 Å². The third-order valence-corrected chi connectivity index (χ3v) is 5.40. The van der Waals surface area contributed by atoms with Crippen LogP contribution in [-0.2, 0) is 18.0 Å². The third kappa shape index (κ3) is 3.17. The Balaban J connectivity index is 1.71. The van der Waals surface area contributed by atoms with E-state index in [1.807, 2.05) is 42.5 Å². The van der Waals surface area contributed by atoms with Crippen molar-refractivity contribution in [3.63, 3.8) is 0 Å². The molecule has 31 heavy (non-hydrogen) atoms. The van der Waals surface area contributed by atoms with E-state index in [4.69, 9.17) is 9.47 Å². The van der Waals surface area contributed by atoms with Crippen LogP contribution in [0.1, 0.15) is 28.4 Å². The summed E-state index contributed by atoms with van der Waals surface area (Å²) in [7, 11) is 0. The number of fused-ring (bicyclic) bond motifs is 5. The molecule has 0 bridgehead atoms. The molecule has 0 aliphatic carbocycles. The summed E-state index contributed by atoms with van der Waals surface area (Å²) in [6, 6.07) is 19.7. The van der Waals surface area contributed by atoms with Crippen molar-refractivity contribution >= 4 is 22.8 Å². The van der Waals surface area contributed by atoms with Crippen LogP contribution in [0, 0.1) is 0 Å². The number of para-hydroxylation sites is 1. The van der Waals surface area contributed by atoms with Gasteiger partial charge in [0.25, 0.3) is 5.91 Å². The molecule has 3 aromatic carbocycles. The molecule has 0 atom stereocenters. The van der Waals surface area contributed by atoms with Gasteiger partial charge in [-0.25, -0.2) is 0 Å². The number of aliphatic hydroxyl groups excluding tert-OH is 1. The molecule has 1 N–H and O–H groups in total. The summed E-state index contributed by atoms with van der Waals surface area (Å²) in [6.45, 7) is 1.58. The number of carbonyl (C=O) groups excluding carboxylic acids is 2. The fraction of sp³-hybridized carbons (Fsp3) is 0.120. The Labute approximate surface area is 178 Å². The van der Waals surface area contributed by atoms with Crippen LogP contribution >= 0.6 is 0 Å². The fourth-order valence-corrected chi connectivity index (χ4v) is 4.04. The number of benzene rings is 3. The standard InChI is InChI=1S/C25H19NO5/c1-15(28)31-18-9-7-17(8-10-18)25(29)26-22-11-6-16(13-27)12-20(22)21-14-30-23-5-3-2-4-19(23)24(21)26/h2-12,27H,13-14H2,1H3. The van der Waals surface area contributed by atoms with Gasteiger partial charge in [-0.05, 0) is 54.1 Å². The van der Waals surface area contributed by atoms with Crippen LogP contribution in [0.15, 0.2) is 66.7 Å². The molecule has 0 amide bonds. The number of esters is 1. The van der Waals surface area contributed by atoms with Gasteiger partial charge in [0.2, 0.25) is 0 Å². The summed E-state index contributed by atoms with van der Waals surface area (Å²) >= 11 is 0. The smallest absolute Gasteiger partial charge is 0.308 e. The summed E-state index contributed by atoms with van der Waals surface area (Å²) in [4.78, 5) is 24.8. The van der Waals surface area contributed by atoms with Gasteiger partial charge in [-0.3, -0.25) is 14.2 Å². The number of carbonyl (C=O) groups is 2. The molecule has 6 nitrogen and oxygen atoms in total. The Kier molecular flexibility index (Phi) is 4.56. The van der Waals surface area contributed by atoms with Crippen molar-refractivity contribution in [3.05, 3.63) is 83.4 Å². The van der Waals surface area contributed by atoms with Crippen LogP contribution in [0.5, 0.6) is 11.5 Å². The molecule has 1 aliphatic heterocycles. The fourth-order valence-electron chi connectivity index (χ4n) is 4.04. The Morgan fingerprint density at radius 2 is 1.84 bits per heavy atom. The van der Waals surface area contributed by atoms with Gasteiger partial charge >= 0.3 is 5.97 Å². The molecule has 4 aromatic rings. The number of ether oxygens (including phenoxy) is 2. The summed E-state index contributed by atoms with van der Waals surface area (Å²) < 4.78 is 12.7. The largest absolute Gasteiger partial charge is 0.488 e. The number of nitrogens with zero attached hydrogens (tertiary/aromatic N) is 1. The van der Waals surface area contributed by atoms with Crippen LogP contribution in [0.25, 0.3) is 22.2 Å². The van der Waals surface area contributed by atoms with Crippen LogP contribution < -0.4 is 9.47 Å². The molecule has 0 saturated carbocycles. The van der Waals surface area contributed by atoms with E-state index in [0.29, 0.717) is 17.9 Å². The first kappa shape index (κ1) is 19.1. The van der Waals surface area contributed by atoms with Crippen LogP contribution in [0.2, 0.25) is 0 Å². The van der Waals surface area contributed by atoms with E-state index in [9.17, 15) is 14.7 Å².